The number of aromatic nitrogens is 1. The molecule has 1 aliphatic heterocycles. The number of amides is 1. The van der Waals surface area contributed by atoms with Crippen molar-refractivity contribution in [1.82, 2.24) is 4.57 Å². The molecule has 1 aliphatic rings. The van der Waals surface area contributed by atoms with E-state index in [-0.39, 0.29) is 12.7 Å². The number of oxazole rings is 1. The predicted octanol–water partition coefficient (Wildman–Crippen LogP) is 2.60. The van der Waals surface area contributed by atoms with Crippen LogP contribution >= 0.6 is 0 Å². The molecule has 0 radical (unpaired) electrons. The van der Waals surface area contributed by atoms with Crippen molar-refractivity contribution in [2.24, 2.45) is 0 Å². The number of nitrogens with one attached hydrogen (secondary N) is 1. The minimum absolute atomic E-state index is 0.157. The molecular weight excluding hydrogens is 312 g/mol. The van der Waals surface area contributed by atoms with Gasteiger partial charge >= 0.3 is 5.76 Å². The smallest absolute Gasteiger partial charge is 0.419 e. The number of nitrogens with zero attached hydrogens (tertiary/aromatic N) is 1. The lowest BCUT2D eigenvalue weighted by Gasteiger charge is -2.06. The number of carbonyl (C=O) groups excluding carboxylic acids is 1. The van der Waals surface area contributed by atoms with Crippen molar-refractivity contribution in [1.29, 1.82) is 0 Å². The van der Waals surface area contributed by atoms with Crippen molar-refractivity contribution in [3.8, 4) is 11.5 Å². The lowest BCUT2D eigenvalue weighted by Crippen LogP contribution is -2.12. The summed E-state index contributed by atoms with van der Waals surface area (Å²) in [5.41, 5.74) is 2.13. The fraction of sp³-hybridized carbons (Fsp3) is 0.176. The number of hydrogen-bond donors (Lipinski definition) is 1. The van der Waals surface area contributed by atoms with E-state index in [9.17, 15) is 9.59 Å². The van der Waals surface area contributed by atoms with Gasteiger partial charge in [-0.3, -0.25) is 9.36 Å². The van der Waals surface area contributed by atoms with Crippen molar-refractivity contribution in [2.45, 2.75) is 13.5 Å². The van der Waals surface area contributed by atoms with E-state index in [0.29, 0.717) is 40.4 Å². The third-order valence-corrected chi connectivity index (χ3v) is 3.88. The highest BCUT2D eigenvalue weighted by molar-refractivity contribution is 6.05. The molecule has 0 spiro atoms. The Kier molecular flexibility index (Phi) is 3.26. The fourth-order valence-electron chi connectivity index (χ4n) is 2.68. The molecule has 1 aromatic heterocycles. The molecule has 1 amide bonds. The quantitative estimate of drug-likeness (QED) is 0.800. The molecule has 2 aromatic carbocycles. The van der Waals surface area contributed by atoms with Gasteiger partial charge in [0.05, 0.1) is 5.52 Å². The number of carbonyl (C=O) groups is 1. The van der Waals surface area contributed by atoms with Gasteiger partial charge in [-0.2, -0.15) is 0 Å². The first kappa shape index (κ1) is 14.4. The number of fused-ring (bicyclic) bond motifs is 2. The van der Waals surface area contributed by atoms with E-state index in [1.807, 2.05) is 6.92 Å². The van der Waals surface area contributed by atoms with Crippen LogP contribution in [0.1, 0.15) is 17.3 Å². The van der Waals surface area contributed by atoms with E-state index in [2.05, 4.69) is 5.32 Å². The molecule has 122 valence electrons. The Bertz CT molecular complexity index is 1000. The molecule has 7 nitrogen and oxygen atoms in total. The minimum Gasteiger partial charge on any atom is -0.454 e. The highest BCUT2D eigenvalue weighted by atomic mass is 16.7. The van der Waals surface area contributed by atoms with Gasteiger partial charge < -0.3 is 19.2 Å². The maximum Gasteiger partial charge on any atom is 0.419 e. The third kappa shape index (κ3) is 2.30. The van der Waals surface area contributed by atoms with Gasteiger partial charge in [0.15, 0.2) is 17.1 Å². The zero-order valence-corrected chi connectivity index (χ0v) is 12.9. The topological polar surface area (TPSA) is 82.7 Å². The second kappa shape index (κ2) is 5.45. The molecule has 24 heavy (non-hydrogen) atoms. The highest BCUT2D eigenvalue weighted by Gasteiger charge is 2.17. The first-order valence-electron chi connectivity index (χ1n) is 7.50. The summed E-state index contributed by atoms with van der Waals surface area (Å²) in [5.74, 6) is 0.469. The van der Waals surface area contributed by atoms with Crippen LogP contribution in [0.15, 0.2) is 45.6 Å². The van der Waals surface area contributed by atoms with Crippen molar-refractivity contribution in [3.63, 3.8) is 0 Å². The largest absolute Gasteiger partial charge is 0.454 e. The number of ether oxygens (including phenoxy) is 2. The van der Waals surface area contributed by atoms with Crippen molar-refractivity contribution < 1.29 is 18.7 Å². The molecule has 0 saturated heterocycles. The predicted molar refractivity (Wildman–Crippen MR) is 86.7 cm³/mol. The molecule has 0 bridgehead atoms. The van der Waals surface area contributed by atoms with Gasteiger partial charge in [0.1, 0.15) is 0 Å². The van der Waals surface area contributed by atoms with Crippen LogP contribution in [-0.2, 0) is 6.54 Å². The number of aryl methyl sites for hydroxylation is 1. The summed E-state index contributed by atoms with van der Waals surface area (Å²) >= 11 is 0. The van der Waals surface area contributed by atoms with Crippen molar-refractivity contribution in [3.05, 3.63) is 52.5 Å². The zero-order chi connectivity index (χ0) is 16.7. The first-order valence-corrected chi connectivity index (χ1v) is 7.50. The first-order chi connectivity index (χ1) is 11.7. The standard InChI is InChI=1S/C17H14N2O5/c1-2-19-12-5-4-11(8-14(12)24-17(19)21)18-16(20)10-3-6-13-15(7-10)23-9-22-13/h3-8H,2,9H2,1H3,(H,18,20). The molecule has 0 atom stereocenters. The van der Waals surface area contributed by atoms with E-state index in [4.69, 9.17) is 13.9 Å². The molecule has 3 aromatic rings. The number of anilines is 1. The minimum atomic E-state index is -0.410. The normalized spacial score (nSPS) is 12.5. The summed E-state index contributed by atoms with van der Waals surface area (Å²) in [5, 5.41) is 2.78. The Morgan fingerprint density at radius 2 is 2.00 bits per heavy atom. The molecule has 0 aliphatic carbocycles. The average Bonchev–Trinajstić information content (AvgIpc) is 3.16. The van der Waals surface area contributed by atoms with Crippen LogP contribution in [0, 0.1) is 0 Å². The molecule has 4 rings (SSSR count). The van der Waals surface area contributed by atoms with Crippen LogP contribution in [-0.4, -0.2) is 17.3 Å². The van der Waals surface area contributed by atoms with E-state index < -0.39 is 5.76 Å². The Morgan fingerprint density at radius 3 is 2.83 bits per heavy atom. The summed E-state index contributed by atoms with van der Waals surface area (Å²) in [7, 11) is 0. The van der Waals surface area contributed by atoms with Gasteiger partial charge in [-0.25, -0.2) is 4.79 Å². The van der Waals surface area contributed by atoms with E-state index >= 15 is 0 Å². The van der Waals surface area contributed by atoms with Crippen LogP contribution in [0.2, 0.25) is 0 Å². The van der Waals surface area contributed by atoms with Gasteiger partial charge in [0.2, 0.25) is 6.79 Å². The summed E-state index contributed by atoms with van der Waals surface area (Å²) in [6.45, 7) is 2.55. The monoisotopic (exact) mass is 326 g/mol. The van der Waals surface area contributed by atoms with E-state index in [1.165, 1.54) is 4.57 Å². The maximum atomic E-state index is 12.4. The number of benzene rings is 2. The third-order valence-electron chi connectivity index (χ3n) is 3.88. The molecule has 0 saturated carbocycles. The van der Waals surface area contributed by atoms with Crippen molar-refractivity contribution in [2.75, 3.05) is 12.1 Å². The van der Waals surface area contributed by atoms with Crippen LogP contribution in [0.4, 0.5) is 5.69 Å². The molecule has 7 heteroatoms. The Labute approximate surface area is 136 Å². The molecule has 1 N–H and O–H groups in total. The highest BCUT2D eigenvalue weighted by Crippen LogP contribution is 2.32. The second-order valence-electron chi connectivity index (χ2n) is 5.32. The van der Waals surface area contributed by atoms with Crippen molar-refractivity contribution >= 4 is 22.7 Å². The van der Waals surface area contributed by atoms with Crippen LogP contribution < -0.4 is 20.5 Å². The van der Waals surface area contributed by atoms with Crippen LogP contribution in [0.3, 0.4) is 0 Å². The summed E-state index contributed by atoms with van der Waals surface area (Å²) < 4.78 is 17.2. The van der Waals surface area contributed by atoms with Crippen LogP contribution in [0.25, 0.3) is 11.1 Å². The summed E-state index contributed by atoms with van der Waals surface area (Å²) in [6, 6.07) is 10.1. The van der Waals surface area contributed by atoms with Crippen LogP contribution in [0.5, 0.6) is 11.5 Å². The Hall–Kier alpha value is -3.22. The van der Waals surface area contributed by atoms with E-state index in [1.54, 1.807) is 36.4 Å². The lowest BCUT2D eigenvalue weighted by atomic mass is 10.2. The molecule has 0 fully saturated rings. The summed E-state index contributed by atoms with van der Waals surface area (Å²) in [6.07, 6.45) is 0. The van der Waals surface area contributed by atoms with Gasteiger partial charge in [0.25, 0.3) is 5.91 Å². The second-order valence-corrected chi connectivity index (χ2v) is 5.32. The molecule has 0 unspecified atom stereocenters. The van der Waals surface area contributed by atoms with Gasteiger partial charge in [0, 0.05) is 23.9 Å². The molecular formula is C17H14N2O5. The van der Waals surface area contributed by atoms with Gasteiger partial charge in [-0.15, -0.1) is 0 Å². The van der Waals surface area contributed by atoms with Gasteiger partial charge in [-0.05, 0) is 37.3 Å². The van der Waals surface area contributed by atoms with Gasteiger partial charge in [-0.1, -0.05) is 0 Å². The number of rotatable bonds is 3. The SMILES string of the molecule is CCn1c(=O)oc2cc(NC(=O)c3ccc4c(c3)OCO4)ccc21. The average molecular weight is 326 g/mol. The summed E-state index contributed by atoms with van der Waals surface area (Å²) in [4.78, 5) is 24.1. The number of hydrogen-bond acceptors (Lipinski definition) is 5. The Balaban J connectivity index is 1.61. The molecule has 2 heterocycles. The fourth-order valence-corrected chi connectivity index (χ4v) is 2.68. The zero-order valence-electron chi connectivity index (χ0n) is 12.9. The maximum absolute atomic E-state index is 12.4. The lowest BCUT2D eigenvalue weighted by molar-refractivity contribution is 0.102. The van der Waals surface area contributed by atoms with E-state index in [0.717, 1.165) is 0 Å². The Morgan fingerprint density at radius 1 is 1.17 bits per heavy atom.